The smallest absolute Gasteiger partial charge is 0.416 e. The number of carbonyl (C=O) groups is 4. The van der Waals surface area contributed by atoms with Gasteiger partial charge in [-0.05, 0) is 55.8 Å². The van der Waals surface area contributed by atoms with Crippen LogP contribution < -0.4 is 14.8 Å². The number of halogens is 5. The van der Waals surface area contributed by atoms with Crippen LogP contribution in [0.25, 0.3) is 0 Å². The van der Waals surface area contributed by atoms with Crippen LogP contribution in [0.5, 0.6) is 17.2 Å². The van der Waals surface area contributed by atoms with Gasteiger partial charge in [-0.2, -0.15) is 13.2 Å². The fourth-order valence-corrected chi connectivity index (χ4v) is 6.06. The number of carboxylic acid groups (broad SMARTS) is 1. The minimum absolute atomic E-state index is 0.00216. The highest BCUT2D eigenvalue weighted by Crippen LogP contribution is 2.38. The summed E-state index contributed by atoms with van der Waals surface area (Å²) in [5.41, 5.74) is -1.15. The zero-order valence-electron chi connectivity index (χ0n) is 28.5. The van der Waals surface area contributed by atoms with Crippen molar-refractivity contribution < 1.29 is 74.6 Å². The average Bonchev–Trinajstić information content (AvgIpc) is 3.04. The lowest BCUT2D eigenvalue weighted by Gasteiger charge is -2.18. The number of nitrogens with one attached hydrogen (secondary N) is 1. The standard InChI is InChI=1S/C15H11ClF3NO4.C14H13ClO5S.C3H8NO5P/c1-2-23-14-8-10(4-5-12(14)20(21)22)24-13-6-3-9(7-11(13)16)15(17,18)19;1-21(19,20)8-5-6-9(10(15)7-8)14(18)13-11(16)3-2-4-12(13)17;5-3(6)1-4-2-10(7,8)9/h3-8H,2H2,1H3;5-7,13H,2-4H2,1H3;4H,1-2H2,(H,5,6)(H2,7,8,9). The van der Waals surface area contributed by atoms with Gasteiger partial charge >= 0.3 is 25.4 Å². The number of ketones is 3. The fourth-order valence-electron chi connectivity index (χ4n) is 4.45. The van der Waals surface area contributed by atoms with E-state index in [4.69, 9.17) is 47.6 Å². The molecule has 0 saturated heterocycles. The molecule has 1 saturated carbocycles. The summed E-state index contributed by atoms with van der Waals surface area (Å²) in [4.78, 5) is 72.3. The van der Waals surface area contributed by atoms with Gasteiger partial charge in [-0.1, -0.05) is 23.2 Å². The fraction of sp³-hybridized carbons (Fsp3) is 0.312. The van der Waals surface area contributed by atoms with Crippen LogP contribution in [-0.4, -0.2) is 77.2 Å². The van der Waals surface area contributed by atoms with Gasteiger partial charge in [0.1, 0.15) is 17.4 Å². The van der Waals surface area contributed by atoms with E-state index in [9.17, 15) is 55.4 Å². The van der Waals surface area contributed by atoms with E-state index in [1.165, 1.54) is 30.3 Å². The Bertz CT molecular complexity index is 2080. The summed E-state index contributed by atoms with van der Waals surface area (Å²) in [7, 11) is -7.54. The third-order valence-corrected chi connectivity index (χ3v) is 9.25. The predicted molar refractivity (Wildman–Crippen MR) is 190 cm³/mol. The van der Waals surface area contributed by atoms with E-state index >= 15 is 0 Å². The van der Waals surface area contributed by atoms with Gasteiger partial charge in [0, 0.05) is 36.8 Å². The zero-order valence-corrected chi connectivity index (χ0v) is 31.8. The highest BCUT2D eigenvalue weighted by Gasteiger charge is 2.37. The van der Waals surface area contributed by atoms with Gasteiger partial charge in [-0.15, -0.1) is 0 Å². The molecule has 4 rings (SSSR count). The number of rotatable bonds is 12. The highest BCUT2D eigenvalue weighted by molar-refractivity contribution is 7.90. The number of benzene rings is 3. The third kappa shape index (κ3) is 15.0. The number of ether oxygens (including phenoxy) is 2. The second-order valence-electron chi connectivity index (χ2n) is 11.2. The molecule has 0 atom stereocenters. The first-order valence-electron chi connectivity index (χ1n) is 15.4. The summed E-state index contributed by atoms with van der Waals surface area (Å²) in [5.74, 6) is -3.79. The molecule has 1 aliphatic rings. The molecular formula is C32H32Cl2F3N2O14PS. The number of nitro groups is 1. The Balaban J connectivity index is 0.000000309. The van der Waals surface area contributed by atoms with Gasteiger partial charge in [0.2, 0.25) is 5.75 Å². The second kappa shape index (κ2) is 19.9. The number of carboxylic acids is 1. The van der Waals surface area contributed by atoms with Crippen LogP contribution >= 0.6 is 30.8 Å². The van der Waals surface area contributed by atoms with Gasteiger partial charge in [0.15, 0.2) is 27.2 Å². The number of hydrogen-bond donors (Lipinski definition) is 4. The molecule has 0 spiro atoms. The van der Waals surface area contributed by atoms with Crippen LogP contribution in [0.3, 0.4) is 0 Å². The molecule has 0 aliphatic heterocycles. The van der Waals surface area contributed by atoms with Crippen molar-refractivity contribution in [3.8, 4) is 17.2 Å². The van der Waals surface area contributed by atoms with Crippen LogP contribution in [0.2, 0.25) is 10.0 Å². The maximum absolute atomic E-state index is 12.6. The van der Waals surface area contributed by atoms with E-state index in [1.54, 1.807) is 6.92 Å². The summed E-state index contributed by atoms with van der Waals surface area (Å²) in [6, 6.07) is 10.0. The summed E-state index contributed by atoms with van der Waals surface area (Å²) in [6.45, 7) is 1.42. The van der Waals surface area contributed by atoms with Crippen molar-refractivity contribution in [3.05, 3.63) is 85.9 Å². The summed E-state index contributed by atoms with van der Waals surface area (Å²) in [6.07, 6.45) is -3.24. The Morgan fingerprint density at radius 1 is 1.00 bits per heavy atom. The molecule has 1 fully saturated rings. The number of nitrogens with zero attached hydrogens (tertiary/aromatic N) is 1. The molecule has 3 aromatic rings. The number of hydrogen-bond acceptors (Lipinski definition) is 12. The first-order chi connectivity index (χ1) is 25.3. The summed E-state index contributed by atoms with van der Waals surface area (Å²) in [5, 5.41) is 20.7. The first kappa shape index (κ1) is 46.7. The quantitative estimate of drug-likeness (QED) is 0.0526. The molecule has 0 amide bonds. The van der Waals surface area contributed by atoms with Gasteiger partial charge in [-0.3, -0.25) is 39.2 Å². The van der Waals surface area contributed by atoms with Gasteiger partial charge in [0.25, 0.3) is 0 Å². The van der Waals surface area contributed by atoms with E-state index in [2.05, 4.69) is 5.32 Å². The Kier molecular flexibility index (Phi) is 16.9. The van der Waals surface area contributed by atoms with Crippen molar-refractivity contribution in [2.45, 2.75) is 37.3 Å². The number of aliphatic carboxylic acids is 1. The van der Waals surface area contributed by atoms with E-state index in [0.29, 0.717) is 6.42 Å². The van der Waals surface area contributed by atoms with Gasteiger partial charge < -0.3 is 24.4 Å². The molecule has 3 aromatic carbocycles. The van der Waals surface area contributed by atoms with Crippen LogP contribution in [0.4, 0.5) is 18.9 Å². The number of sulfone groups is 1. The summed E-state index contributed by atoms with van der Waals surface area (Å²) < 4.78 is 81.3. The topological polar surface area (TPSA) is 254 Å². The first-order valence-corrected chi connectivity index (χ1v) is 19.8. The lowest BCUT2D eigenvalue weighted by atomic mass is 9.82. The molecule has 300 valence electrons. The number of nitro benzene ring substituents is 1. The van der Waals surface area contributed by atoms with E-state index in [-0.39, 0.29) is 62.9 Å². The maximum atomic E-state index is 12.6. The number of Topliss-reactive ketones (excluding diaryl/α,β-unsaturated/α-hetero) is 3. The zero-order chi connectivity index (χ0) is 41.9. The van der Waals surface area contributed by atoms with Crippen molar-refractivity contribution in [1.29, 1.82) is 0 Å². The number of carbonyl (C=O) groups excluding carboxylic acids is 3. The molecule has 55 heavy (non-hydrogen) atoms. The van der Waals surface area contributed by atoms with Crippen LogP contribution in [0.1, 0.15) is 42.1 Å². The van der Waals surface area contributed by atoms with E-state index in [0.717, 1.165) is 30.5 Å². The van der Waals surface area contributed by atoms with Crippen LogP contribution in [0, 0.1) is 16.0 Å². The molecular weight excluding hydrogens is 827 g/mol. The molecule has 0 radical (unpaired) electrons. The SMILES string of the molecule is CCOc1cc(Oc2ccc(C(F)(F)F)cc2Cl)ccc1[N+](=O)[O-].CS(=O)(=O)c1ccc(C(=O)C2C(=O)CCCC2=O)c(Cl)c1.O=C(O)CNCP(=O)(O)O. The summed E-state index contributed by atoms with van der Waals surface area (Å²) >= 11 is 11.7. The predicted octanol–water partition coefficient (Wildman–Crippen LogP) is 6.12. The Hall–Kier alpha value is -4.43. The van der Waals surface area contributed by atoms with Crippen molar-refractivity contribution in [2.24, 2.45) is 5.92 Å². The molecule has 1 aliphatic carbocycles. The van der Waals surface area contributed by atoms with Crippen molar-refractivity contribution in [2.75, 3.05) is 25.7 Å². The third-order valence-electron chi connectivity index (χ3n) is 6.90. The Morgan fingerprint density at radius 3 is 2.09 bits per heavy atom. The van der Waals surface area contributed by atoms with Gasteiger partial charge in [0.05, 0.1) is 44.9 Å². The van der Waals surface area contributed by atoms with E-state index < -0.39 is 76.2 Å². The molecule has 4 N–H and O–H groups in total. The largest absolute Gasteiger partial charge is 0.487 e. The lowest BCUT2D eigenvalue weighted by Crippen LogP contribution is -2.35. The highest BCUT2D eigenvalue weighted by atomic mass is 35.5. The van der Waals surface area contributed by atoms with Crippen LogP contribution in [-0.2, 0) is 35.0 Å². The molecule has 0 unspecified atom stereocenters. The minimum Gasteiger partial charge on any atom is -0.487 e. The second-order valence-corrected chi connectivity index (χ2v) is 15.7. The van der Waals surface area contributed by atoms with E-state index in [1.807, 2.05) is 0 Å². The average molecular weight is 860 g/mol. The van der Waals surface area contributed by atoms with Crippen molar-refractivity contribution in [1.82, 2.24) is 5.32 Å². The minimum atomic E-state index is -4.52. The van der Waals surface area contributed by atoms with Crippen molar-refractivity contribution in [3.63, 3.8) is 0 Å². The lowest BCUT2D eigenvalue weighted by molar-refractivity contribution is -0.385. The molecule has 16 nitrogen and oxygen atoms in total. The normalized spacial score (nSPS) is 13.5. The number of alkyl halides is 3. The Labute approximate surface area is 320 Å². The van der Waals surface area contributed by atoms with Crippen molar-refractivity contribution >= 4 is 69.6 Å². The maximum Gasteiger partial charge on any atom is 0.416 e. The van der Waals surface area contributed by atoms with Gasteiger partial charge in [-0.25, -0.2) is 8.42 Å². The molecule has 0 heterocycles. The van der Waals surface area contributed by atoms with Crippen LogP contribution in [0.15, 0.2) is 59.5 Å². The molecule has 0 bridgehead atoms. The Morgan fingerprint density at radius 2 is 1.62 bits per heavy atom. The molecule has 0 aromatic heterocycles. The monoisotopic (exact) mass is 858 g/mol. The molecule has 23 heteroatoms.